The molecule has 1 amide bonds. The highest BCUT2D eigenvalue weighted by atomic mass is 35.5. The number of nitrogens with one attached hydrogen (secondary N) is 1. The van der Waals surface area contributed by atoms with Crippen molar-refractivity contribution >= 4 is 34.8 Å². The van der Waals surface area contributed by atoms with Crippen LogP contribution in [-0.2, 0) is 11.2 Å². The number of carbonyl (C=O) groups excluding carboxylic acids is 1. The van der Waals surface area contributed by atoms with Crippen LogP contribution in [0.1, 0.15) is 11.1 Å². The number of aryl methyl sites for hydroxylation is 1. The zero-order valence-electron chi connectivity index (χ0n) is 10.7. The maximum absolute atomic E-state index is 13.4. The van der Waals surface area contributed by atoms with E-state index >= 15 is 0 Å². The first kappa shape index (κ1) is 14.8. The molecule has 2 aromatic carbocycles. The topological polar surface area (TPSA) is 29.1 Å². The van der Waals surface area contributed by atoms with E-state index in [9.17, 15) is 9.18 Å². The molecule has 0 unspecified atom stereocenters. The lowest BCUT2D eigenvalue weighted by Crippen LogP contribution is -2.14. The summed E-state index contributed by atoms with van der Waals surface area (Å²) in [6, 6.07) is 9.57. The highest BCUT2D eigenvalue weighted by molar-refractivity contribution is 6.42. The number of rotatable bonds is 3. The van der Waals surface area contributed by atoms with Crippen molar-refractivity contribution in [2.75, 3.05) is 5.32 Å². The molecule has 2 rings (SSSR count). The van der Waals surface area contributed by atoms with Gasteiger partial charge in [-0.2, -0.15) is 0 Å². The molecule has 0 saturated carbocycles. The van der Waals surface area contributed by atoms with E-state index < -0.39 is 0 Å². The lowest BCUT2D eigenvalue weighted by atomic mass is 10.1. The standard InChI is InChI=1S/C15H12Cl2FNO/c1-9-2-4-11(8-14(9)18)19-15(20)7-10-3-5-12(16)13(17)6-10/h2-6,8H,7H2,1H3,(H,19,20). The van der Waals surface area contributed by atoms with Crippen LogP contribution in [0.4, 0.5) is 10.1 Å². The Balaban J connectivity index is 2.04. The highest BCUT2D eigenvalue weighted by Crippen LogP contribution is 2.23. The predicted octanol–water partition coefficient (Wildman–Crippen LogP) is 4.62. The SMILES string of the molecule is Cc1ccc(NC(=O)Cc2ccc(Cl)c(Cl)c2)cc1F. The van der Waals surface area contributed by atoms with Crippen molar-refractivity contribution < 1.29 is 9.18 Å². The van der Waals surface area contributed by atoms with E-state index in [2.05, 4.69) is 5.32 Å². The molecule has 0 saturated heterocycles. The second-order valence-electron chi connectivity index (χ2n) is 4.44. The Hall–Kier alpha value is -1.58. The average Bonchev–Trinajstić information content (AvgIpc) is 2.38. The first-order chi connectivity index (χ1) is 9.45. The molecular formula is C15H12Cl2FNO. The molecule has 5 heteroatoms. The Morgan fingerprint density at radius 2 is 1.90 bits per heavy atom. The monoisotopic (exact) mass is 311 g/mol. The van der Waals surface area contributed by atoms with Gasteiger partial charge in [0.2, 0.25) is 5.91 Å². The molecule has 2 nitrogen and oxygen atoms in total. The first-order valence-corrected chi connectivity index (χ1v) is 6.71. The van der Waals surface area contributed by atoms with Crippen LogP contribution >= 0.6 is 23.2 Å². The molecule has 20 heavy (non-hydrogen) atoms. The summed E-state index contributed by atoms with van der Waals surface area (Å²) in [6.45, 7) is 1.66. The van der Waals surface area contributed by atoms with Gasteiger partial charge >= 0.3 is 0 Å². The molecule has 0 aliphatic rings. The van der Waals surface area contributed by atoms with E-state index in [-0.39, 0.29) is 18.1 Å². The summed E-state index contributed by atoms with van der Waals surface area (Å²) in [5.74, 6) is -0.594. The summed E-state index contributed by atoms with van der Waals surface area (Å²) >= 11 is 11.7. The summed E-state index contributed by atoms with van der Waals surface area (Å²) in [5.41, 5.74) is 1.70. The number of amides is 1. The fraction of sp³-hybridized carbons (Fsp3) is 0.133. The lowest BCUT2D eigenvalue weighted by Gasteiger charge is -2.07. The van der Waals surface area contributed by atoms with Crippen LogP contribution in [-0.4, -0.2) is 5.91 Å². The minimum absolute atomic E-state index is 0.145. The zero-order valence-corrected chi connectivity index (χ0v) is 12.2. The second-order valence-corrected chi connectivity index (χ2v) is 5.25. The van der Waals surface area contributed by atoms with Gasteiger partial charge in [0.25, 0.3) is 0 Å². The molecule has 0 heterocycles. The Morgan fingerprint density at radius 1 is 1.15 bits per heavy atom. The third-order valence-corrected chi connectivity index (χ3v) is 3.54. The van der Waals surface area contributed by atoms with Crippen molar-refractivity contribution in [2.45, 2.75) is 13.3 Å². The van der Waals surface area contributed by atoms with E-state index in [1.807, 2.05) is 0 Å². The van der Waals surface area contributed by atoms with Crippen LogP contribution < -0.4 is 5.32 Å². The molecule has 2 aromatic rings. The van der Waals surface area contributed by atoms with Crippen molar-refractivity contribution in [2.24, 2.45) is 0 Å². The Labute approximate surface area is 126 Å². The smallest absolute Gasteiger partial charge is 0.228 e. The van der Waals surface area contributed by atoms with Gasteiger partial charge in [-0.15, -0.1) is 0 Å². The van der Waals surface area contributed by atoms with Crippen molar-refractivity contribution in [3.05, 3.63) is 63.4 Å². The minimum atomic E-state index is -0.350. The first-order valence-electron chi connectivity index (χ1n) is 5.95. The molecular weight excluding hydrogens is 300 g/mol. The van der Waals surface area contributed by atoms with Gasteiger partial charge in [0.05, 0.1) is 16.5 Å². The van der Waals surface area contributed by atoms with Gasteiger partial charge in [-0.1, -0.05) is 35.3 Å². The van der Waals surface area contributed by atoms with Crippen LogP contribution in [0.25, 0.3) is 0 Å². The number of benzene rings is 2. The van der Waals surface area contributed by atoms with Crippen molar-refractivity contribution in [3.63, 3.8) is 0 Å². The number of anilines is 1. The van der Waals surface area contributed by atoms with Crippen molar-refractivity contribution in [3.8, 4) is 0 Å². The van der Waals surface area contributed by atoms with E-state index in [4.69, 9.17) is 23.2 Å². The van der Waals surface area contributed by atoms with Gasteiger partial charge in [-0.25, -0.2) is 4.39 Å². The van der Waals surface area contributed by atoms with E-state index in [1.54, 1.807) is 37.3 Å². The third kappa shape index (κ3) is 3.71. The number of hydrogen-bond acceptors (Lipinski definition) is 1. The molecule has 0 fully saturated rings. The third-order valence-electron chi connectivity index (χ3n) is 2.80. The Morgan fingerprint density at radius 3 is 2.55 bits per heavy atom. The molecule has 104 valence electrons. The molecule has 0 aliphatic heterocycles. The largest absolute Gasteiger partial charge is 0.326 e. The summed E-state index contributed by atoms with van der Waals surface area (Å²) in [6.07, 6.45) is 0.145. The number of carbonyl (C=O) groups is 1. The molecule has 0 aliphatic carbocycles. The quantitative estimate of drug-likeness (QED) is 0.880. The summed E-state index contributed by atoms with van der Waals surface area (Å²) in [7, 11) is 0. The van der Waals surface area contributed by atoms with Crippen molar-refractivity contribution in [1.82, 2.24) is 0 Å². The van der Waals surface area contributed by atoms with E-state index in [0.29, 0.717) is 21.3 Å². The average molecular weight is 312 g/mol. The number of hydrogen-bond donors (Lipinski definition) is 1. The normalized spacial score (nSPS) is 10.4. The fourth-order valence-corrected chi connectivity index (χ4v) is 2.03. The Kier molecular flexibility index (Phi) is 4.63. The van der Waals surface area contributed by atoms with Gasteiger partial charge in [0.1, 0.15) is 5.82 Å². The highest BCUT2D eigenvalue weighted by Gasteiger charge is 2.07. The molecule has 0 aromatic heterocycles. The molecule has 0 bridgehead atoms. The van der Waals surface area contributed by atoms with Gasteiger partial charge in [0, 0.05) is 5.69 Å². The maximum Gasteiger partial charge on any atom is 0.228 e. The predicted molar refractivity (Wildman–Crippen MR) is 79.9 cm³/mol. The van der Waals surface area contributed by atoms with Gasteiger partial charge in [-0.3, -0.25) is 4.79 Å². The summed E-state index contributed by atoms with van der Waals surface area (Å²) < 4.78 is 13.4. The minimum Gasteiger partial charge on any atom is -0.326 e. The van der Waals surface area contributed by atoms with Gasteiger partial charge in [0.15, 0.2) is 0 Å². The maximum atomic E-state index is 13.4. The summed E-state index contributed by atoms with van der Waals surface area (Å²) in [5, 5.41) is 3.48. The second kappa shape index (κ2) is 6.25. The van der Waals surface area contributed by atoms with Crippen molar-refractivity contribution in [1.29, 1.82) is 0 Å². The molecule has 0 atom stereocenters. The van der Waals surface area contributed by atoms with Gasteiger partial charge < -0.3 is 5.32 Å². The van der Waals surface area contributed by atoms with E-state index in [0.717, 1.165) is 5.56 Å². The van der Waals surface area contributed by atoms with Crippen LogP contribution in [0, 0.1) is 12.7 Å². The van der Waals surface area contributed by atoms with Crippen LogP contribution in [0.3, 0.4) is 0 Å². The summed E-state index contributed by atoms with van der Waals surface area (Å²) in [4.78, 5) is 11.9. The Bertz CT molecular complexity index is 603. The van der Waals surface area contributed by atoms with E-state index in [1.165, 1.54) is 6.07 Å². The zero-order chi connectivity index (χ0) is 14.7. The van der Waals surface area contributed by atoms with Gasteiger partial charge in [-0.05, 0) is 42.3 Å². The lowest BCUT2D eigenvalue weighted by molar-refractivity contribution is -0.115. The molecule has 0 radical (unpaired) electrons. The van der Waals surface area contributed by atoms with Crippen LogP contribution in [0.15, 0.2) is 36.4 Å². The molecule has 1 N–H and O–H groups in total. The van der Waals surface area contributed by atoms with Crippen LogP contribution in [0.2, 0.25) is 10.0 Å². The molecule has 0 spiro atoms. The fourth-order valence-electron chi connectivity index (χ4n) is 1.71. The van der Waals surface area contributed by atoms with Crippen LogP contribution in [0.5, 0.6) is 0 Å². The number of halogens is 3.